The molecule has 0 spiro atoms. The van der Waals surface area contributed by atoms with Gasteiger partial charge in [-0.25, -0.2) is 0 Å². The molecule has 0 radical (unpaired) electrons. The average molecular weight is 278 g/mol. The zero-order chi connectivity index (χ0) is 14.5. The normalized spacial score (nSPS) is 22.9. The van der Waals surface area contributed by atoms with E-state index in [1.807, 2.05) is 6.92 Å². The number of esters is 1. The Morgan fingerprint density at radius 1 is 1.30 bits per heavy atom. The molecule has 0 aromatic carbocycles. The van der Waals surface area contributed by atoms with Crippen LogP contribution in [0.3, 0.4) is 0 Å². The lowest BCUT2D eigenvalue weighted by Gasteiger charge is -2.24. The van der Waals surface area contributed by atoms with E-state index >= 15 is 0 Å². The molecule has 20 heavy (non-hydrogen) atoms. The monoisotopic (exact) mass is 278 g/mol. The molecule has 2 unspecified atom stereocenters. The Labute approximate surface area is 119 Å². The molecule has 1 fully saturated rings. The third-order valence-corrected chi connectivity index (χ3v) is 4.03. The Morgan fingerprint density at radius 3 is 2.70 bits per heavy atom. The van der Waals surface area contributed by atoms with Crippen molar-refractivity contribution in [3.63, 3.8) is 0 Å². The second-order valence-electron chi connectivity index (χ2n) is 5.36. The number of aromatic amines is 1. The van der Waals surface area contributed by atoms with Crippen LogP contribution in [0.4, 0.5) is 0 Å². The van der Waals surface area contributed by atoms with Gasteiger partial charge in [0, 0.05) is 17.9 Å². The first-order valence-corrected chi connectivity index (χ1v) is 7.16. The molecule has 2 N–H and O–H groups in total. The van der Waals surface area contributed by atoms with Crippen molar-refractivity contribution in [2.24, 2.45) is 5.92 Å². The number of methoxy groups -OCH3 is 1. The second kappa shape index (κ2) is 6.59. The van der Waals surface area contributed by atoms with E-state index in [0.717, 1.165) is 37.8 Å². The molecule has 2 rings (SSSR count). The lowest BCUT2D eigenvalue weighted by Crippen LogP contribution is -2.43. The highest BCUT2D eigenvalue weighted by Crippen LogP contribution is 2.25. The number of hydrogen-bond donors (Lipinski definition) is 2. The molecule has 1 aliphatic carbocycles. The van der Waals surface area contributed by atoms with Gasteiger partial charge in [0.05, 0.1) is 18.6 Å². The van der Waals surface area contributed by atoms with Gasteiger partial charge in [-0.2, -0.15) is 0 Å². The van der Waals surface area contributed by atoms with Crippen LogP contribution in [0.5, 0.6) is 0 Å². The molecule has 1 aromatic heterocycles. The van der Waals surface area contributed by atoms with Crippen LogP contribution >= 0.6 is 0 Å². The predicted molar refractivity (Wildman–Crippen MR) is 75.4 cm³/mol. The minimum absolute atomic E-state index is 0.121. The highest BCUT2D eigenvalue weighted by molar-refractivity contribution is 5.95. The minimum atomic E-state index is -0.231. The van der Waals surface area contributed by atoms with Crippen molar-refractivity contribution < 1.29 is 14.3 Å². The number of hydrogen-bond acceptors (Lipinski definition) is 3. The van der Waals surface area contributed by atoms with Gasteiger partial charge in [-0.15, -0.1) is 0 Å². The van der Waals surface area contributed by atoms with Gasteiger partial charge in [0.25, 0.3) is 5.91 Å². The van der Waals surface area contributed by atoms with Crippen molar-refractivity contribution in [1.29, 1.82) is 0 Å². The van der Waals surface area contributed by atoms with Gasteiger partial charge in [-0.3, -0.25) is 9.59 Å². The molecule has 1 aromatic rings. The van der Waals surface area contributed by atoms with Crippen LogP contribution in [0.25, 0.3) is 0 Å². The molecule has 110 valence electrons. The summed E-state index contributed by atoms with van der Waals surface area (Å²) in [5, 5.41) is 3.01. The molecule has 0 aliphatic heterocycles. The van der Waals surface area contributed by atoms with Gasteiger partial charge < -0.3 is 15.0 Å². The van der Waals surface area contributed by atoms with Crippen molar-refractivity contribution >= 4 is 11.9 Å². The topological polar surface area (TPSA) is 71.2 Å². The molecule has 5 heteroatoms. The molecule has 1 heterocycles. The summed E-state index contributed by atoms with van der Waals surface area (Å²) in [6, 6.07) is 1.63. The van der Waals surface area contributed by atoms with Crippen LogP contribution in [-0.4, -0.2) is 30.0 Å². The maximum Gasteiger partial charge on any atom is 0.310 e. The fourth-order valence-corrected chi connectivity index (χ4v) is 2.86. The van der Waals surface area contributed by atoms with E-state index in [2.05, 4.69) is 10.3 Å². The number of amides is 1. The Morgan fingerprint density at radius 2 is 2.05 bits per heavy atom. The summed E-state index contributed by atoms with van der Waals surface area (Å²) in [7, 11) is 1.41. The van der Waals surface area contributed by atoms with Crippen molar-refractivity contribution in [2.45, 2.75) is 45.1 Å². The van der Waals surface area contributed by atoms with Gasteiger partial charge in [0.1, 0.15) is 0 Å². The fourth-order valence-electron chi connectivity index (χ4n) is 2.86. The molecule has 5 nitrogen and oxygen atoms in total. The largest absolute Gasteiger partial charge is 0.469 e. The first kappa shape index (κ1) is 14.6. The van der Waals surface area contributed by atoms with Crippen molar-refractivity contribution in [3.8, 4) is 0 Å². The van der Waals surface area contributed by atoms with E-state index < -0.39 is 0 Å². The highest BCUT2D eigenvalue weighted by Gasteiger charge is 2.31. The first-order valence-electron chi connectivity index (χ1n) is 7.16. The molecule has 1 aliphatic rings. The number of aryl methyl sites for hydroxylation is 1. The summed E-state index contributed by atoms with van der Waals surface area (Å²) in [6.07, 6.45) is 6.50. The summed E-state index contributed by atoms with van der Waals surface area (Å²) in [5.41, 5.74) is 1.48. The summed E-state index contributed by atoms with van der Waals surface area (Å²) < 4.78 is 4.88. The summed E-state index contributed by atoms with van der Waals surface area (Å²) >= 11 is 0. The van der Waals surface area contributed by atoms with Gasteiger partial charge in [0.2, 0.25) is 0 Å². The molecular weight excluding hydrogens is 256 g/mol. The molecular formula is C15H22N2O3. The molecule has 0 saturated heterocycles. The molecule has 2 atom stereocenters. The maximum atomic E-state index is 12.3. The van der Waals surface area contributed by atoms with Crippen LogP contribution in [0.2, 0.25) is 0 Å². The Kier molecular flexibility index (Phi) is 4.82. The van der Waals surface area contributed by atoms with Crippen LogP contribution in [0, 0.1) is 12.8 Å². The zero-order valence-corrected chi connectivity index (χ0v) is 12.1. The molecule has 1 amide bonds. The van der Waals surface area contributed by atoms with Crippen molar-refractivity contribution in [1.82, 2.24) is 10.3 Å². The third kappa shape index (κ3) is 3.21. The number of carbonyl (C=O) groups excluding carboxylic acids is 2. The van der Waals surface area contributed by atoms with Gasteiger partial charge >= 0.3 is 5.97 Å². The summed E-state index contributed by atoms with van der Waals surface area (Å²) in [6.45, 7) is 1.86. The zero-order valence-electron chi connectivity index (χ0n) is 12.1. The van der Waals surface area contributed by atoms with Crippen molar-refractivity contribution in [3.05, 3.63) is 23.5 Å². The lowest BCUT2D eigenvalue weighted by atomic mass is 9.94. The number of aromatic nitrogens is 1. The fraction of sp³-hybridized carbons (Fsp3) is 0.600. The van der Waals surface area contributed by atoms with E-state index in [9.17, 15) is 9.59 Å². The number of ether oxygens (including phenoxy) is 1. The number of carbonyl (C=O) groups is 2. The second-order valence-corrected chi connectivity index (χ2v) is 5.36. The van der Waals surface area contributed by atoms with Crippen LogP contribution in [0.1, 0.15) is 48.2 Å². The van der Waals surface area contributed by atoms with Crippen LogP contribution in [0.15, 0.2) is 12.3 Å². The Hall–Kier alpha value is -1.78. The molecule has 0 bridgehead atoms. The molecule has 1 saturated carbocycles. The Balaban J connectivity index is 2.09. The number of nitrogens with one attached hydrogen (secondary N) is 2. The highest BCUT2D eigenvalue weighted by atomic mass is 16.5. The van der Waals surface area contributed by atoms with Crippen LogP contribution in [-0.2, 0) is 9.53 Å². The van der Waals surface area contributed by atoms with E-state index in [0.29, 0.717) is 5.56 Å². The van der Waals surface area contributed by atoms with E-state index in [4.69, 9.17) is 4.74 Å². The Bertz CT molecular complexity index is 481. The van der Waals surface area contributed by atoms with E-state index in [1.54, 1.807) is 12.3 Å². The lowest BCUT2D eigenvalue weighted by molar-refractivity contribution is -0.146. The minimum Gasteiger partial charge on any atom is -0.469 e. The summed E-state index contributed by atoms with van der Waals surface area (Å²) in [5.74, 6) is -0.571. The van der Waals surface area contributed by atoms with Gasteiger partial charge in [0.15, 0.2) is 0 Å². The quantitative estimate of drug-likeness (QED) is 0.657. The van der Waals surface area contributed by atoms with Gasteiger partial charge in [-0.1, -0.05) is 19.3 Å². The first-order chi connectivity index (χ1) is 9.63. The average Bonchev–Trinajstić information content (AvgIpc) is 2.74. The van der Waals surface area contributed by atoms with Crippen molar-refractivity contribution in [2.75, 3.05) is 7.11 Å². The SMILES string of the molecule is COC(=O)C1CCCCCC1NC(=O)c1cc[nH]c1C. The predicted octanol–water partition coefficient (Wildman–Crippen LogP) is 2.17. The summed E-state index contributed by atoms with van der Waals surface area (Å²) in [4.78, 5) is 27.2. The smallest absolute Gasteiger partial charge is 0.310 e. The van der Waals surface area contributed by atoms with Gasteiger partial charge in [-0.05, 0) is 25.8 Å². The van der Waals surface area contributed by atoms with E-state index in [-0.39, 0.29) is 23.8 Å². The standard InChI is InChI=1S/C15H22N2O3/c1-10-11(8-9-16-10)14(18)17-13-7-5-3-4-6-12(13)15(19)20-2/h8-9,12-13,16H,3-7H2,1-2H3,(H,17,18). The number of H-pyrrole nitrogens is 1. The number of rotatable bonds is 3. The van der Waals surface area contributed by atoms with Crippen LogP contribution < -0.4 is 5.32 Å². The third-order valence-electron chi connectivity index (χ3n) is 4.03. The van der Waals surface area contributed by atoms with E-state index in [1.165, 1.54) is 7.11 Å². The maximum absolute atomic E-state index is 12.3.